The average molecular weight is 258 g/mol. The molecule has 0 unspecified atom stereocenters. The Balaban J connectivity index is 2.00. The van der Waals surface area contributed by atoms with Crippen LogP contribution in [-0.2, 0) is 6.42 Å². The Kier molecular flexibility index (Phi) is 9.14. The van der Waals surface area contributed by atoms with E-state index in [-0.39, 0.29) is 0 Å². The summed E-state index contributed by atoms with van der Waals surface area (Å²) in [6, 6.07) is 8.71. The van der Waals surface area contributed by atoms with Crippen LogP contribution in [-0.4, -0.2) is 0 Å². The van der Waals surface area contributed by atoms with Gasteiger partial charge in [0, 0.05) is 0 Å². The molecule has 1 rings (SSSR count). The van der Waals surface area contributed by atoms with Gasteiger partial charge in [0.2, 0.25) is 0 Å². The molecule has 0 N–H and O–H groups in total. The smallest absolute Gasteiger partial charge is 0.0242 e. The van der Waals surface area contributed by atoms with E-state index in [2.05, 4.69) is 50.3 Å². The zero-order valence-electron chi connectivity index (χ0n) is 12.8. The third-order valence-corrected chi connectivity index (χ3v) is 3.73. The van der Waals surface area contributed by atoms with Crippen LogP contribution in [0.1, 0.15) is 69.4 Å². The van der Waals surface area contributed by atoms with Gasteiger partial charge in [-0.05, 0) is 43.7 Å². The molecule has 0 fully saturated rings. The fourth-order valence-electron chi connectivity index (χ4n) is 2.41. The van der Waals surface area contributed by atoms with Crippen molar-refractivity contribution >= 4 is 0 Å². The van der Waals surface area contributed by atoms with Gasteiger partial charge in [-0.2, -0.15) is 0 Å². The fourth-order valence-corrected chi connectivity index (χ4v) is 2.41. The summed E-state index contributed by atoms with van der Waals surface area (Å²) >= 11 is 0. The minimum atomic E-state index is 1.18. The third-order valence-electron chi connectivity index (χ3n) is 3.73. The largest absolute Gasteiger partial charge is 0.0885 e. The normalized spacial score (nSPS) is 11.3. The lowest BCUT2D eigenvalue weighted by Crippen LogP contribution is -1.87. The van der Waals surface area contributed by atoms with E-state index >= 15 is 0 Å². The molecule has 0 spiro atoms. The van der Waals surface area contributed by atoms with E-state index in [1.54, 1.807) is 0 Å². The van der Waals surface area contributed by atoms with Crippen molar-refractivity contribution in [1.29, 1.82) is 0 Å². The number of unbranched alkanes of at least 4 members (excludes halogenated alkanes) is 6. The molecule has 0 nitrogen and oxygen atoms in total. The summed E-state index contributed by atoms with van der Waals surface area (Å²) < 4.78 is 0. The van der Waals surface area contributed by atoms with Gasteiger partial charge in [-0.1, -0.05) is 75.4 Å². The summed E-state index contributed by atoms with van der Waals surface area (Å²) in [5.41, 5.74) is 2.92. The molecule has 0 amide bonds. The van der Waals surface area contributed by atoms with Gasteiger partial charge in [-0.15, -0.1) is 0 Å². The van der Waals surface area contributed by atoms with Crippen molar-refractivity contribution in [3.63, 3.8) is 0 Å². The van der Waals surface area contributed by atoms with Crippen molar-refractivity contribution in [2.24, 2.45) is 0 Å². The quantitative estimate of drug-likeness (QED) is 0.344. The van der Waals surface area contributed by atoms with Gasteiger partial charge in [0.25, 0.3) is 0 Å². The predicted molar refractivity (Wildman–Crippen MR) is 86.6 cm³/mol. The van der Waals surface area contributed by atoms with Gasteiger partial charge in [0.1, 0.15) is 0 Å². The molecule has 1 aromatic rings. The molecule has 0 aromatic heterocycles. The first kappa shape index (κ1) is 16.0. The lowest BCUT2D eigenvalue weighted by Gasteiger charge is -2.02. The molecule has 0 heteroatoms. The van der Waals surface area contributed by atoms with Gasteiger partial charge < -0.3 is 0 Å². The van der Waals surface area contributed by atoms with Crippen molar-refractivity contribution in [2.45, 2.75) is 71.6 Å². The first-order valence-corrected chi connectivity index (χ1v) is 8.04. The molecule has 19 heavy (non-hydrogen) atoms. The Bertz CT molecular complexity index is 349. The van der Waals surface area contributed by atoms with Gasteiger partial charge >= 0.3 is 0 Å². The first-order chi connectivity index (χ1) is 9.34. The highest BCUT2D eigenvalue weighted by Gasteiger charge is 1.94. The van der Waals surface area contributed by atoms with Crippen molar-refractivity contribution in [3.05, 3.63) is 47.5 Å². The number of hydrogen-bond acceptors (Lipinski definition) is 0. The minimum Gasteiger partial charge on any atom is -0.0885 e. The van der Waals surface area contributed by atoms with Crippen LogP contribution < -0.4 is 0 Å². The molecular weight excluding hydrogens is 228 g/mol. The van der Waals surface area contributed by atoms with Crippen LogP contribution in [0, 0.1) is 6.92 Å². The Morgan fingerprint density at radius 1 is 0.842 bits per heavy atom. The summed E-state index contributed by atoms with van der Waals surface area (Å²) in [6.45, 7) is 4.48. The third kappa shape index (κ3) is 7.87. The predicted octanol–water partition coefficient (Wildman–Crippen LogP) is 6.23. The van der Waals surface area contributed by atoms with E-state index in [9.17, 15) is 0 Å². The molecule has 0 atom stereocenters. The van der Waals surface area contributed by atoms with Crippen molar-refractivity contribution in [1.82, 2.24) is 0 Å². The van der Waals surface area contributed by atoms with Crippen LogP contribution in [0.15, 0.2) is 36.4 Å². The number of benzene rings is 1. The van der Waals surface area contributed by atoms with Crippen molar-refractivity contribution in [3.8, 4) is 0 Å². The standard InChI is InChI=1S/C19H30/c1-3-4-5-6-7-8-9-10-11-12-16-19-17-14-13-15-18(19)2/h10-11,13-15,17H,3-9,12,16H2,1-2H3. The molecule has 0 aliphatic heterocycles. The van der Waals surface area contributed by atoms with Gasteiger partial charge in [-0.3, -0.25) is 0 Å². The molecule has 0 aliphatic carbocycles. The molecule has 0 radical (unpaired) electrons. The van der Waals surface area contributed by atoms with E-state index < -0.39 is 0 Å². The maximum absolute atomic E-state index is 2.37. The molecule has 106 valence electrons. The molecule has 0 saturated heterocycles. The van der Waals surface area contributed by atoms with Crippen LogP contribution in [0.3, 0.4) is 0 Å². The van der Waals surface area contributed by atoms with Crippen molar-refractivity contribution in [2.75, 3.05) is 0 Å². The average Bonchev–Trinajstić information content (AvgIpc) is 2.43. The lowest BCUT2D eigenvalue weighted by atomic mass is 10.0. The van der Waals surface area contributed by atoms with E-state index in [1.165, 1.54) is 68.9 Å². The lowest BCUT2D eigenvalue weighted by molar-refractivity contribution is 0.611. The summed E-state index contributed by atoms with van der Waals surface area (Å²) in [6.07, 6.45) is 16.7. The Hall–Kier alpha value is -1.04. The molecule has 1 aromatic carbocycles. The zero-order chi connectivity index (χ0) is 13.8. The maximum atomic E-state index is 2.37. The Morgan fingerprint density at radius 2 is 1.53 bits per heavy atom. The second-order valence-corrected chi connectivity index (χ2v) is 5.49. The highest BCUT2D eigenvalue weighted by molar-refractivity contribution is 5.25. The first-order valence-electron chi connectivity index (χ1n) is 8.04. The van der Waals surface area contributed by atoms with E-state index in [0.717, 1.165) is 0 Å². The topological polar surface area (TPSA) is 0 Å². The molecule has 0 bridgehead atoms. The summed E-state index contributed by atoms with van der Waals surface area (Å²) in [4.78, 5) is 0. The van der Waals surface area contributed by atoms with Crippen LogP contribution in [0.25, 0.3) is 0 Å². The molecule has 0 aliphatic rings. The van der Waals surface area contributed by atoms with Gasteiger partial charge in [0.15, 0.2) is 0 Å². The van der Waals surface area contributed by atoms with Gasteiger partial charge in [-0.25, -0.2) is 0 Å². The maximum Gasteiger partial charge on any atom is -0.0242 e. The summed E-state index contributed by atoms with van der Waals surface area (Å²) in [7, 11) is 0. The summed E-state index contributed by atoms with van der Waals surface area (Å²) in [5.74, 6) is 0. The molecule has 0 saturated carbocycles. The van der Waals surface area contributed by atoms with E-state index in [1.807, 2.05) is 0 Å². The van der Waals surface area contributed by atoms with Crippen LogP contribution in [0.5, 0.6) is 0 Å². The SMILES string of the molecule is CCCCCCCCC=CCCc1ccccc1C. The van der Waals surface area contributed by atoms with E-state index in [0.29, 0.717) is 0 Å². The number of aryl methyl sites for hydroxylation is 2. The van der Waals surface area contributed by atoms with Crippen LogP contribution >= 0.6 is 0 Å². The molecule has 0 heterocycles. The van der Waals surface area contributed by atoms with Gasteiger partial charge in [0.05, 0.1) is 0 Å². The highest BCUT2D eigenvalue weighted by atomic mass is 14.0. The monoisotopic (exact) mass is 258 g/mol. The molecular formula is C19H30. The number of rotatable bonds is 10. The van der Waals surface area contributed by atoms with Crippen LogP contribution in [0.4, 0.5) is 0 Å². The van der Waals surface area contributed by atoms with E-state index in [4.69, 9.17) is 0 Å². The van der Waals surface area contributed by atoms with Crippen LogP contribution in [0.2, 0.25) is 0 Å². The number of allylic oxidation sites excluding steroid dienone is 2. The highest BCUT2D eigenvalue weighted by Crippen LogP contribution is 2.10. The van der Waals surface area contributed by atoms with Crippen molar-refractivity contribution < 1.29 is 0 Å². The summed E-state index contributed by atoms with van der Waals surface area (Å²) in [5, 5.41) is 0. The fraction of sp³-hybridized carbons (Fsp3) is 0.579. The second kappa shape index (κ2) is 10.8. The second-order valence-electron chi connectivity index (χ2n) is 5.49. The minimum absolute atomic E-state index is 1.18. The number of hydrogen-bond donors (Lipinski definition) is 0. The Morgan fingerprint density at radius 3 is 2.32 bits per heavy atom. The zero-order valence-corrected chi connectivity index (χ0v) is 12.8. The Labute approximate surface area is 119 Å².